The van der Waals surface area contributed by atoms with Gasteiger partial charge in [0.2, 0.25) is 0 Å². The van der Waals surface area contributed by atoms with E-state index < -0.39 is 0 Å². The summed E-state index contributed by atoms with van der Waals surface area (Å²) in [5.41, 5.74) is 13.0. The molecule has 0 amide bonds. The summed E-state index contributed by atoms with van der Waals surface area (Å²) < 4.78 is 2.65. The van der Waals surface area contributed by atoms with Crippen LogP contribution in [0.25, 0.3) is 75.5 Å². The van der Waals surface area contributed by atoms with Gasteiger partial charge in [-0.05, 0) is 110 Å². The molecule has 54 heavy (non-hydrogen) atoms. The third-order valence-corrected chi connectivity index (χ3v) is 11.6. The van der Waals surface area contributed by atoms with Gasteiger partial charge in [0.05, 0.1) is 0 Å². The molecular weight excluding hydrogens is 671 g/mol. The minimum atomic E-state index is 1.11. The molecule has 1 heterocycles. The van der Waals surface area contributed by atoms with Crippen molar-refractivity contribution in [3.63, 3.8) is 0 Å². The van der Waals surface area contributed by atoms with E-state index in [9.17, 15) is 0 Å². The fourth-order valence-electron chi connectivity index (χ4n) is 7.64. The van der Waals surface area contributed by atoms with Gasteiger partial charge < -0.3 is 4.90 Å². The molecule has 0 aliphatic rings. The highest BCUT2D eigenvalue weighted by atomic mass is 32.1. The third-order valence-electron chi connectivity index (χ3n) is 10.5. The molecule has 0 saturated heterocycles. The zero-order valence-electron chi connectivity index (χ0n) is 29.6. The van der Waals surface area contributed by atoms with Crippen molar-refractivity contribution in [2.75, 3.05) is 4.90 Å². The molecule has 0 N–H and O–H groups in total. The number of hydrogen-bond donors (Lipinski definition) is 0. The summed E-state index contributed by atoms with van der Waals surface area (Å²) in [6.45, 7) is 0. The second-order valence-electron chi connectivity index (χ2n) is 13.8. The van der Waals surface area contributed by atoms with Crippen LogP contribution in [-0.4, -0.2) is 0 Å². The lowest BCUT2D eigenvalue weighted by atomic mass is 9.99. The van der Waals surface area contributed by atoms with E-state index in [-0.39, 0.29) is 0 Å². The number of benzene rings is 9. The Kier molecular flexibility index (Phi) is 8.09. The van der Waals surface area contributed by atoms with Crippen LogP contribution >= 0.6 is 11.3 Å². The van der Waals surface area contributed by atoms with Crippen LogP contribution in [0.15, 0.2) is 212 Å². The first-order valence-corrected chi connectivity index (χ1v) is 19.2. The summed E-state index contributed by atoms with van der Waals surface area (Å²) in [6, 6.07) is 77.1. The van der Waals surface area contributed by atoms with Crippen LogP contribution in [0.3, 0.4) is 0 Å². The quantitative estimate of drug-likeness (QED) is 0.160. The molecule has 0 radical (unpaired) electrons. The molecule has 0 aliphatic carbocycles. The van der Waals surface area contributed by atoms with E-state index in [1.54, 1.807) is 0 Å². The summed E-state index contributed by atoms with van der Waals surface area (Å²) in [5, 5.41) is 5.15. The summed E-state index contributed by atoms with van der Waals surface area (Å²) >= 11 is 1.86. The first-order valence-electron chi connectivity index (χ1n) is 18.4. The highest BCUT2D eigenvalue weighted by molar-refractivity contribution is 7.25. The van der Waals surface area contributed by atoms with Crippen molar-refractivity contribution in [3.05, 3.63) is 212 Å². The molecule has 0 aliphatic heterocycles. The van der Waals surface area contributed by atoms with Crippen molar-refractivity contribution >= 4 is 59.3 Å². The van der Waals surface area contributed by atoms with Gasteiger partial charge in [-0.15, -0.1) is 11.3 Å². The Morgan fingerprint density at radius 1 is 0.259 bits per heavy atom. The predicted octanol–water partition coefficient (Wildman–Crippen LogP) is 15.3. The van der Waals surface area contributed by atoms with Crippen molar-refractivity contribution in [3.8, 4) is 44.5 Å². The van der Waals surface area contributed by atoms with Crippen molar-refractivity contribution < 1.29 is 0 Å². The topological polar surface area (TPSA) is 3.24 Å². The molecule has 0 fully saturated rings. The molecule has 10 aromatic rings. The van der Waals surface area contributed by atoms with Crippen LogP contribution in [0.2, 0.25) is 0 Å². The van der Waals surface area contributed by atoms with Crippen LogP contribution in [0.4, 0.5) is 17.1 Å². The summed E-state index contributed by atoms with van der Waals surface area (Å²) in [5.74, 6) is 0. The maximum atomic E-state index is 2.37. The highest BCUT2D eigenvalue weighted by Gasteiger charge is 2.15. The SMILES string of the molecule is c1ccc(-c2ccc(-c3ccc(N(c4ccc(-c5ccc6c(c5)sc5ccccc56)cc4)c4cccc(-c5ccc6ccccc6c5)c4)cc3)cc2)cc1. The normalized spacial score (nSPS) is 11.3. The van der Waals surface area contributed by atoms with E-state index in [0.29, 0.717) is 0 Å². The minimum Gasteiger partial charge on any atom is -0.310 e. The minimum absolute atomic E-state index is 1.11. The summed E-state index contributed by atoms with van der Waals surface area (Å²) in [7, 11) is 0. The van der Waals surface area contributed by atoms with Crippen LogP contribution in [0.1, 0.15) is 0 Å². The number of hydrogen-bond acceptors (Lipinski definition) is 2. The smallest absolute Gasteiger partial charge is 0.0467 e. The maximum Gasteiger partial charge on any atom is 0.0467 e. The van der Waals surface area contributed by atoms with E-state index >= 15 is 0 Å². The van der Waals surface area contributed by atoms with Gasteiger partial charge in [0, 0.05) is 37.2 Å². The van der Waals surface area contributed by atoms with E-state index in [2.05, 4.69) is 217 Å². The van der Waals surface area contributed by atoms with Gasteiger partial charge in [-0.2, -0.15) is 0 Å². The Labute approximate surface area is 319 Å². The Bertz CT molecular complexity index is 2900. The number of thiophene rings is 1. The van der Waals surface area contributed by atoms with Crippen LogP contribution in [0.5, 0.6) is 0 Å². The molecule has 0 spiro atoms. The van der Waals surface area contributed by atoms with E-state index in [4.69, 9.17) is 0 Å². The average molecular weight is 706 g/mol. The lowest BCUT2D eigenvalue weighted by molar-refractivity contribution is 1.28. The number of anilines is 3. The average Bonchev–Trinajstić information content (AvgIpc) is 3.63. The largest absolute Gasteiger partial charge is 0.310 e. The van der Waals surface area contributed by atoms with Gasteiger partial charge in [-0.3, -0.25) is 0 Å². The lowest BCUT2D eigenvalue weighted by Gasteiger charge is -2.26. The molecule has 1 aromatic heterocycles. The fourth-order valence-corrected chi connectivity index (χ4v) is 8.78. The van der Waals surface area contributed by atoms with E-state index in [1.165, 1.54) is 75.5 Å². The molecule has 254 valence electrons. The molecule has 0 unspecified atom stereocenters. The molecule has 0 bridgehead atoms. The Morgan fingerprint density at radius 3 is 1.46 bits per heavy atom. The van der Waals surface area contributed by atoms with Crippen LogP contribution in [-0.2, 0) is 0 Å². The monoisotopic (exact) mass is 705 g/mol. The van der Waals surface area contributed by atoms with Crippen molar-refractivity contribution in [1.82, 2.24) is 0 Å². The summed E-state index contributed by atoms with van der Waals surface area (Å²) in [6.07, 6.45) is 0. The van der Waals surface area contributed by atoms with Gasteiger partial charge in [0.1, 0.15) is 0 Å². The van der Waals surface area contributed by atoms with Gasteiger partial charge in [-0.25, -0.2) is 0 Å². The van der Waals surface area contributed by atoms with Gasteiger partial charge in [0.25, 0.3) is 0 Å². The first-order chi connectivity index (χ1) is 26.7. The number of nitrogens with zero attached hydrogens (tertiary/aromatic N) is 1. The van der Waals surface area contributed by atoms with Crippen molar-refractivity contribution in [1.29, 1.82) is 0 Å². The second-order valence-corrected chi connectivity index (χ2v) is 14.9. The molecule has 1 nitrogen and oxygen atoms in total. The number of rotatable bonds is 7. The molecule has 0 saturated carbocycles. The Morgan fingerprint density at radius 2 is 0.741 bits per heavy atom. The zero-order chi connectivity index (χ0) is 35.8. The zero-order valence-corrected chi connectivity index (χ0v) is 30.4. The number of fused-ring (bicyclic) bond motifs is 4. The summed E-state index contributed by atoms with van der Waals surface area (Å²) in [4.78, 5) is 2.37. The van der Waals surface area contributed by atoms with Gasteiger partial charge in [0.15, 0.2) is 0 Å². The molecule has 2 heteroatoms. The van der Waals surface area contributed by atoms with Crippen LogP contribution < -0.4 is 4.90 Å². The van der Waals surface area contributed by atoms with Crippen molar-refractivity contribution in [2.24, 2.45) is 0 Å². The fraction of sp³-hybridized carbons (Fsp3) is 0. The highest BCUT2D eigenvalue weighted by Crippen LogP contribution is 2.40. The maximum absolute atomic E-state index is 2.37. The molecule has 9 aromatic carbocycles. The standard InChI is InChI=1S/C52H35NS/c1-2-9-36(10-3-1)38-17-19-39(20-18-38)40-23-28-46(29-24-40)53(48-14-8-13-43(34-48)44-22-21-37-11-4-5-12-42(37)33-44)47-30-25-41(26-31-47)45-27-32-50-49-15-6-7-16-51(49)54-52(50)35-45/h1-35H. The van der Waals surface area contributed by atoms with Crippen LogP contribution in [0, 0.1) is 0 Å². The van der Waals surface area contributed by atoms with Crippen molar-refractivity contribution in [2.45, 2.75) is 0 Å². The molecule has 0 atom stereocenters. The Balaban J connectivity index is 1.02. The van der Waals surface area contributed by atoms with Gasteiger partial charge in [-0.1, -0.05) is 158 Å². The molecule has 10 rings (SSSR count). The third kappa shape index (κ3) is 6.03. The van der Waals surface area contributed by atoms with E-state index in [0.717, 1.165) is 17.1 Å². The van der Waals surface area contributed by atoms with Gasteiger partial charge >= 0.3 is 0 Å². The first kappa shape index (κ1) is 32.0. The predicted molar refractivity (Wildman–Crippen MR) is 233 cm³/mol. The second kappa shape index (κ2) is 13.7. The van der Waals surface area contributed by atoms with E-state index in [1.807, 2.05) is 11.3 Å². The Hall–Kier alpha value is -6.74. The lowest BCUT2D eigenvalue weighted by Crippen LogP contribution is -2.10. The molecular formula is C52H35NS.